The van der Waals surface area contributed by atoms with Gasteiger partial charge in [0.1, 0.15) is 0 Å². The average Bonchev–Trinajstić information content (AvgIpc) is 3.06. The van der Waals surface area contributed by atoms with Gasteiger partial charge in [-0.15, -0.1) is 23.5 Å². The third kappa shape index (κ3) is 14.9. The van der Waals surface area contributed by atoms with Crippen LogP contribution in [0, 0.1) is 0 Å². The van der Waals surface area contributed by atoms with Gasteiger partial charge in [-0.05, 0) is 183 Å². The van der Waals surface area contributed by atoms with Crippen LogP contribution < -0.4 is 10.0 Å². The van der Waals surface area contributed by atoms with Gasteiger partial charge in [0.25, 0.3) is 0 Å². The first kappa shape index (κ1) is 59.9. The van der Waals surface area contributed by atoms with Crippen molar-refractivity contribution in [2.75, 3.05) is 34.6 Å². The number of hydrazone groups is 2. The van der Waals surface area contributed by atoms with Gasteiger partial charge in [-0.2, -0.15) is 35.5 Å². The fraction of sp³-hybridized carbons (Fsp3) is 0.139. The third-order valence-electron chi connectivity index (χ3n) is 14.7. The van der Waals surface area contributed by atoms with Crippen LogP contribution in [0.4, 0.5) is 11.4 Å². The molecule has 430 valence electrons. The number of hydrogen-bond donors (Lipinski definition) is 2. The van der Waals surface area contributed by atoms with Gasteiger partial charge in [-0.1, -0.05) is 130 Å². The second-order valence-electron chi connectivity index (χ2n) is 20.6. The molecule has 0 saturated carbocycles. The lowest BCUT2D eigenvalue weighted by atomic mass is 10.1. The molecule has 0 bridgehead atoms. The van der Waals surface area contributed by atoms with Crippen LogP contribution in [0.5, 0.6) is 0 Å². The van der Waals surface area contributed by atoms with Crippen molar-refractivity contribution in [3.63, 3.8) is 0 Å². The van der Waals surface area contributed by atoms with Crippen LogP contribution in [0.15, 0.2) is 292 Å². The fourth-order valence-electron chi connectivity index (χ4n) is 10.5. The molecule has 0 aliphatic carbocycles. The van der Waals surface area contributed by atoms with E-state index in [1.54, 1.807) is 45.1 Å². The molecule has 0 saturated heterocycles. The topological polar surface area (TPSA) is 41.1 Å². The molecule has 12 rings (SSSR count). The lowest BCUT2D eigenvalue weighted by molar-refractivity contribution is 0.827. The smallest absolute Gasteiger partial charge is 0.0594 e. The van der Waals surface area contributed by atoms with Crippen molar-refractivity contribution in [1.29, 1.82) is 0 Å². The number of thiol groups is 2. The van der Waals surface area contributed by atoms with E-state index < -0.39 is 0 Å². The Morgan fingerprint density at radius 2 is 0.698 bits per heavy atom. The van der Waals surface area contributed by atoms with Crippen LogP contribution in [0.25, 0.3) is 43.6 Å². The van der Waals surface area contributed by atoms with Gasteiger partial charge in [0.2, 0.25) is 0 Å². The predicted octanol–water partition coefficient (Wildman–Crippen LogP) is 20.9. The van der Waals surface area contributed by atoms with E-state index in [-0.39, 0.29) is 10.5 Å². The quantitative estimate of drug-likeness (QED) is 0.0193. The number of anilines is 2. The Kier molecular flexibility index (Phi) is 20.2. The Morgan fingerprint density at radius 1 is 0.372 bits per heavy atom. The van der Waals surface area contributed by atoms with E-state index in [0.29, 0.717) is 13.1 Å². The molecule has 2 heterocycles. The molecule has 0 spiro atoms. The first-order valence-electron chi connectivity index (χ1n) is 28.8. The number of thioether (sulfide) groups is 2. The lowest BCUT2D eigenvalue weighted by Crippen LogP contribution is -2.26. The van der Waals surface area contributed by atoms with Crippen LogP contribution >= 0.6 is 93.9 Å². The highest BCUT2D eigenvalue weighted by Gasteiger charge is 2.16. The number of fused-ring (bicyclic) bond motifs is 6. The van der Waals surface area contributed by atoms with Crippen molar-refractivity contribution in [2.24, 2.45) is 10.2 Å². The zero-order valence-electron chi connectivity index (χ0n) is 47.7. The van der Waals surface area contributed by atoms with Crippen molar-refractivity contribution < 1.29 is 0 Å². The molecule has 2 aromatic heterocycles. The molecule has 6 nitrogen and oxygen atoms in total. The summed E-state index contributed by atoms with van der Waals surface area (Å²) in [5.41, 5.74) is 9.27. The summed E-state index contributed by atoms with van der Waals surface area (Å²) in [7, 11) is 3.58. The summed E-state index contributed by atoms with van der Waals surface area (Å²) in [6.45, 7) is 7.62. The fourth-order valence-corrected chi connectivity index (χ4v) is 16.4. The van der Waals surface area contributed by atoms with Crippen molar-refractivity contribution >= 4 is 161 Å². The normalized spacial score (nSPS) is 12.6. The van der Waals surface area contributed by atoms with Crippen LogP contribution in [0.1, 0.15) is 25.0 Å². The van der Waals surface area contributed by atoms with E-state index in [1.807, 2.05) is 48.1 Å². The molecule has 12 aromatic rings. The number of nitrogens with zero attached hydrogens (tertiary/aromatic N) is 6. The van der Waals surface area contributed by atoms with Crippen LogP contribution in [0.3, 0.4) is 0 Å². The molecule has 2 unspecified atom stereocenters. The lowest BCUT2D eigenvalue weighted by Gasteiger charge is -2.22. The second kappa shape index (κ2) is 29.0. The number of aryl methyl sites for hydroxylation is 2. The Labute approximate surface area is 540 Å². The van der Waals surface area contributed by atoms with Gasteiger partial charge < -0.3 is 9.13 Å². The van der Waals surface area contributed by atoms with Gasteiger partial charge in [0, 0.05) is 118 Å². The summed E-state index contributed by atoms with van der Waals surface area (Å²) < 4.78 is 4.76. The highest BCUT2D eigenvalue weighted by Crippen LogP contribution is 2.41. The van der Waals surface area contributed by atoms with E-state index in [1.165, 1.54) is 82.8 Å². The molecule has 0 amide bonds. The maximum absolute atomic E-state index is 5.07. The number of para-hydroxylation sites is 4. The molecule has 0 N–H and O–H groups in total. The van der Waals surface area contributed by atoms with E-state index in [2.05, 4.69) is 264 Å². The molecule has 0 aliphatic heterocycles. The van der Waals surface area contributed by atoms with Crippen molar-refractivity contribution in [3.05, 3.63) is 254 Å². The average molecular weight is 1270 g/mol. The van der Waals surface area contributed by atoms with Crippen LogP contribution in [0.2, 0.25) is 0 Å². The predicted molar refractivity (Wildman–Crippen MR) is 386 cm³/mol. The summed E-state index contributed by atoms with van der Waals surface area (Å²) in [5.74, 6) is 1.71. The third-order valence-corrected chi connectivity index (χ3v) is 22.7. The Bertz CT molecular complexity index is 3970. The van der Waals surface area contributed by atoms with E-state index in [4.69, 9.17) is 35.5 Å². The van der Waals surface area contributed by atoms with Gasteiger partial charge in [0.05, 0.1) is 36.9 Å². The van der Waals surface area contributed by atoms with Crippen LogP contribution in [-0.4, -0.2) is 56.7 Å². The highest BCUT2D eigenvalue weighted by molar-refractivity contribution is 8.76. The SMILES string of the molecule is CCn1c2ccccc2c2cc(C=NN(CC(S)CSc3ccc(Sc4ccc(SSc5ccc(Sc6ccc(SCC(S)CN(N=Cc7ccc8c(c7)c7ccccc7n8CC)c7ccccc7)cc6)cc5)cc4)cc3)c3ccccc3)ccc21. The summed E-state index contributed by atoms with van der Waals surface area (Å²) in [6.07, 6.45) is 3.96. The number of benzene rings is 10. The zero-order valence-corrected chi connectivity index (χ0v) is 54.4. The molecule has 10 aromatic carbocycles. The Morgan fingerprint density at radius 3 is 1.07 bits per heavy atom. The molecule has 86 heavy (non-hydrogen) atoms. The second-order valence-corrected chi connectivity index (χ2v) is 28.8. The van der Waals surface area contributed by atoms with E-state index >= 15 is 0 Å². The van der Waals surface area contributed by atoms with Crippen LogP contribution in [-0.2, 0) is 13.1 Å². The van der Waals surface area contributed by atoms with Gasteiger partial charge >= 0.3 is 0 Å². The summed E-state index contributed by atoms with van der Waals surface area (Å²) in [4.78, 5) is 9.79. The summed E-state index contributed by atoms with van der Waals surface area (Å²) in [6, 6.07) is 86.9. The Balaban J connectivity index is 0.576. The number of hydrogen-bond acceptors (Lipinski definition) is 12. The molecule has 2 atom stereocenters. The van der Waals surface area contributed by atoms with Crippen molar-refractivity contribution in [2.45, 2.75) is 76.6 Å². The molecule has 0 fully saturated rings. The minimum absolute atomic E-state index is 0.0927. The highest BCUT2D eigenvalue weighted by atomic mass is 33.1. The Hall–Kier alpha value is -6.46. The van der Waals surface area contributed by atoms with Crippen molar-refractivity contribution in [1.82, 2.24) is 9.13 Å². The molecular formula is C72H64N6S8. The van der Waals surface area contributed by atoms with E-state index in [0.717, 1.165) is 47.1 Å². The largest absolute Gasteiger partial charge is 0.341 e. The molecule has 14 heteroatoms. The van der Waals surface area contributed by atoms with Crippen molar-refractivity contribution in [3.8, 4) is 0 Å². The minimum atomic E-state index is 0.0927. The van der Waals surface area contributed by atoms with Gasteiger partial charge in [0.15, 0.2) is 0 Å². The molecule has 0 aliphatic rings. The first-order chi connectivity index (χ1) is 42.3. The summed E-state index contributed by atoms with van der Waals surface area (Å²) in [5, 5.41) is 19.5. The summed E-state index contributed by atoms with van der Waals surface area (Å²) >= 11 is 17.4. The first-order valence-corrected chi connectivity index (χ1v) is 35.6. The minimum Gasteiger partial charge on any atom is -0.341 e. The monoisotopic (exact) mass is 1270 g/mol. The molecular weight excluding hydrogens is 1210 g/mol. The van der Waals surface area contributed by atoms with Gasteiger partial charge in [-0.3, -0.25) is 10.0 Å². The zero-order chi connectivity index (χ0) is 58.6. The number of aromatic nitrogens is 2. The maximum atomic E-state index is 5.07. The van der Waals surface area contributed by atoms with Gasteiger partial charge in [-0.25, -0.2) is 0 Å². The van der Waals surface area contributed by atoms with E-state index in [9.17, 15) is 0 Å². The standard InChI is InChI=1S/C72H64N6S8/c1-3-75-69-21-13-11-19-65(69)67-43-51(23-41-71(67)75)45-73-77(53-15-7-5-8-16-53)47-55(79)49-81-57-25-29-59(30-26-57)83-61-33-37-63(38-34-61)85-86-64-39-35-62(36-40-64)84-60-31-27-58(28-32-60)82-50-56(80)48-78(54-17-9-6-10-18-54)74-46-52-24-42-72-68(44-52)66-20-12-14-22-70(66)76(72)4-2/h5-46,55-56,79-80H,3-4,47-50H2,1-2H3. The number of rotatable bonds is 25. The molecule has 0 radical (unpaired) electrons. The maximum Gasteiger partial charge on any atom is 0.0594 e.